The number of rotatable bonds is 3. The SMILES string of the molecule is [N-]=[N+]=NCC=Cc1cnc(Cl)nc1Cl. The zero-order valence-electron chi connectivity index (χ0n) is 6.93. The predicted octanol–water partition coefficient (Wildman–Crippen LogP) is 3.11. The summed E-state index contributed by atoms with van der Waals surface area (Å²) in [5.41, 5.74) is 8.64. The molecule has 0 saturated carbocycles. The summed E-state index contributed by atoms with van der Waals surface area (Å²) < 4.78 is 0. The van der Waals surface area contributed by atoms with E-state index < -0.39 is 0 Å². The summed E-state index contributed by atoms with van der Waals surface area (Å²) in [4.78, 5) is 10.1. The molecule has 0 radical (unpaired) electrons. The maximum absolute atomic E-state index is 8.01. The Kier molecular flexibility index (Phi) is 4.19. The van der Waals surface area contributed by atoms with Crippen molar-refractivity contribution in [3.05, 3.63) is 38.7 Å². The first kappa shape index (κ1) is 10.8. The molecule has 0 N–H and O–H groups in total. The Morgan fingerprint density at radius 1 is 1.57 bits per heavy atom. The van der Waals surface area contributed by atoms with E-state index in [2.05, 4.69) is 20.0 Å². The summed E-state index contributed by atoms with van der Waals surface area (Å²) in [7, 11) is 0. The molecule has 0 fully saturated rings. The molecule has 0 saturated heterocycles. The van der Waals surface area contributed by atoms with Crippen LogP contribution >= 0.6 is 23.2 Å². The number of hydrogen-bond donors (Lipinski definition) is 0. The smallest absolute Gasteiger partial charge is 0.223 e. The van der Waals surface area contributed by atoms with Gasteiger partial charge in [0.25, 0.3) is 0 Å². The van der Waals surface area contributed by atoms with Gasteiger partial charge in [0.05, 0.1) is 0 Å². The second-order valence-electron chi connectivity index (χ2n) is 2.20. The van der Waals surface area contributed by atoms with E-state index in [0.29, 0.717) is 5.56 Å². The molecule has 72 valence electrons. The lowest BCUT2D eigenvalue weighted by Gasteiger charge is -1.95. The van der Waals surface area contributed by atoms with Gasteiger partial charge in [0.1, 0.15) is 5.15 Å². The van der Waals surface area contributed by atoms with Gasteiger partial charge in [-0.05, 0) is 17.1 Å². The molecule has 1 aromatic rings. The lowest BCUT2D eigenvalue weighted by molar-refractivity contribution is 1.16. The van der Waals surface area contributed by atoms with Gasteiger partial charge in [-0.15, -0.1) is 0 Å². The molecule has 0 atom stereocenters. The van der Waals surface area contributed by atoms with Crippen molar-refractivity contribution in [1.82, 2.24) is 9.97 Å². The van der Waals surface area contributed by atoms with Crippen LogP contribution in [-0.2, 0) is 0 Å². The van der Waals surface area contributed by atoms with Crippen molar-refractivity contribution in [2.75, 3.05) is 6.54 Å². The highest BCUT2D eigenvalue weighted by atomic mass is 35.5. The monoisotopic (exact) mass is 229 g/mol. The minimum atomic E-state index is 0.0993. The minimum Gasteiger partial charge on any atom is -0.226 e. The van der Waals surface area contributed by atoms with Crippen LogP contribution in [0, 0.1) is 0 Å². The highest BCUT2D eigenvalue weighted by Gasteiger charge is 1.99. The van der Waals surface area contributed by atoms with Crippen LogP contribution in [-0.4, -0.2) is 16.5 Å². The molecular formula is C7H5Cl2N5. The normalized spacial score (nSPS) is 10.1. The molecule has 0 aliphatic heterocycles. The molecule has 14 heavy (non-hydrogen) atoms. The first-order valence-electron chi connectivity index (χ1n) is 3.59. The zero-order valence-corrected chi connectivity index (χ0v) is 8.44. The van der Waals surface area contributed by atoms with E-state index in [1.54, 1.807) is 12.2 Å². The molecule has 7 heteroatoms. The molecule has 5 nitrogen and oxygen atoms in total. The maximum Gasteiger partial charge on any atom is 0.223 e. The molecule has 0 bridgehead atoms. The van der Waals surface area contributed by atoms with Gasteiger partial charge in [-0.25, -0.2) is 9.97 Å². The average Bonchev–Trinajstić information content (AvgIpc) is 2.15. The number of hydrogen-bond acceptors (Lipinski definition) is 3. The van der Waals surface area contributed by atoms with Crippen LogP contribution in [0.5, 0.6) is 0 Å². The van der Waals surface area contributed by atoms with Crippen LogP contribution in [0.25, 0.3) is 16.5 Å². The van der Waals surface area contributed by atoms with Gasteiger partial charge in [0, 0.05) is 23.2 Å². The van der Waals surface area contributed by atoms with Crippen molar-refractivity contribution < 1.29 is 0 Å². The van der Waals surface area contributed by atoms with E-state index in [9.17, 15) is 0 Å². The van der Waals surface area contributed by atoms with E-state index in [-0.39, 0.29) is 17.0 Å². The van der Waals surface area contributed by atoms with Crippen LogP contribution < -0.4 is 0 Å². The lowest BCUT2D eigenvalue weighted by atomic mass is 10.3. The third-order valence-corrected chi connectivity index (χ3v) is 1.77. The van der Waals surface area contributed by atoms with E-state index in [1.807, 2.05) is 0 Å². The highest BCUT2D eigenvalue weighted by Crippen LogP contribution is 2.15. The van der Waals surface area contributed by atoms with E-state index in [1.165, 1.54) is 6.20 Å². The molecule has 0 aliphatic rings. The fourth-order valence-corrected chi connectivity index (χ4v) is 1.09. The molecule has 0 aromatic carbocycles. The highest BCUT2D eigenvalue weighted by molar-refractivity contribution is 6.32. The number of halogens is 2. The van der Waals surface area contributed by atoms with Crippen molar-refractivity contribution >= 4 is 29.3 Å². The Morgan fingerprint density at radius 2 is 2.36 bits per heavy atom. The Hall–Kier alpha value is -1.29. The standard InChI is InChI=1S/C7H5Cl2N5/c8-6-5(2-1-3-12-14-10)4-11-7(9)13-6/h1-2,4H,3H2. The molecular weight excluding hydrogens is 225 g/mol. The summed E-state index contributed by atoms with van der Waals surface area (Å²) in [5, 5.41) is 3.68. The molecule has 0 spiro atoms. The Bertz CT molecular complexity index is 397. The third-order valence-electron chi connectivity index (χ3n) is 1.29. The van der Waals surface area contributed by atoms with Gasteiger partial charge in [-0.1, -0.05) is 28.9 Å². The second kappa shape index (κ2) is 5.44. The van der Waals surface area contributed by atoms with Crippen LogP contribution in [0.1, 0.15) is 5.56 Å². The van der Waals surface area contributed by atoms with Crippen LogP contribution in [0.2, 0.25) is 10.4 Å². The van der Waals surface area contributed by atoms with Gasteiger partial charge >= 0.3 is 0 Å². The number of aromatic nitrogens is 2. The Balaban J connectivity index is 2.76. The zero-order chi connectivity index (χ0) is 10.4. The van der Waals surface area contributed by atoms with E-state index in [0.717, 1.165) is 0 Å². The van der Waals surface area contributed by atoms with Gasteiger partial charge in [0.15, 0.2) is 0 Å². The van der Waals surface area contributed by atoms with Gasteiger partial charge in [0.2, 0.25) is 5.28 Å². The Labute approximate surface area is 90.0 Å². The van der Waals surface area contributed by atoms with Crippen LogP contribution in [0.4, 0.5) is 0 Å². The van der Waals surface area contributed by atoms with Crippen molar-refractivity contribution in [3.63, 3.8) is 0 Å². The summed E-state index contributed by atoms with van der Waals surface area (Å²) >= 11 is 11.3. The molecule has 0 aliphatic carbocycles. The topological polar surface area (TPSA) is 74.5 Å². The fourth-order valence-electron chi connectivity index (χ4n) is 0.726. The van der Waals surface area contributed by atoms with Gasteiger partial charge in [-0.3, -0.25) is 0 Å². The molecule has 0 unspecified atom stereocenters. The Morgan fingerprint density at radius 3 is 3.00 bits per heavy atom. The number of nitrogens with zero attached hydrogens (tertiary/aromatic N) is 5. The fraction of sp³-hybridized carbons (Fsp3) is 0.143. The van der Waals surface area contributed by atoms with E-state index in [4.69, 9.17) is 28.7 Å². The van der Waals surface area contributed by atoms with Gasteiger partial charge in [-0.2, -0.15) is 0 Å². The first-order chi connectivity index (χ1) is 6.74. The molecule has 1 heterocycles. The summed E-state index contributed by atoms with van der Waals surface area (Å²) in [6.45, 7) is 0.259. The average molecular weight is 230 g/mol. The molecule has 1 aromatic heterocycles. The third kappa shape index (κ3) is 3.22. The van der Waals surface area contributed by atoms with Crippen molar-refractivity contribution in [2.45, 2.75) is 0 Å². The molecule has 0 amide bonds. The minimum absolute atomic E-state index is 0.0993. The quantitative estimate of drug-likeness (QED) is 0.263. The summed E-state index contributed by atoms with van der Waals surface area (Å²) in [6.07, 6.45) is 4.80. The van der Waals surface area contributed by atoms with Crippen molar-refractivity contribution in [1.29, 1.82) is 0 Å². The van der Waals surface area contributed by atoms with Crippen molar-refractivity contribution in [3.8, 4) is 0 Å². The van der Waals surface area contributed by atoms with E-state index >= 15 is 0 Å². The lowest BCUT2D eigenvalue weighted by Crippen LogP contribution is -1.85. The molecule has 1 rings (SSSR count). The summed E-state index contributed by atoms with van der Waals surface area (Å²) in [6, 6.07) is 0. The summed E-state index contributed by atoms with van der Waals surface area (Å²) in [5.74, 6) is 0. The van der Waals surface area contributed by atoms with Crippen LogP contribution in [0.3, 0.4) is 0 Å². The van der Waals surface area contributed by atoms with Gasteiger partial charge < -0.3 is 0 Å². The first-order valence-corrected chi connectivity index (χ1v) is 4.35. The second-order valence-corrected chi connectivity index (χ2v) is 2.90. The largest absolute Gasteiger partial charge is 0.226 e. The maximum atomic E-state index is 8.01. The van der Waals surface area contributed by atoms with Crippen LogP contribution in [0.15, 0.2) is 17.4 Å². The van der Waals surface area contributed by atoms with Crippen molar-refractivity contribution in [2.24, 2.45) is 5.11 Å². The predicted molar refractivity (Wildman–Crippen MR) is 55.1 cm³/mol. The number of azide groups is 1.